The highest BCUT2D eigenvalue weighted by Crippen LogP contribution is 2.29. The number of fused-ring (bicyclic) bond motifs is 1. The number of halogens is 1. The van der Waals surface area contributed by atoms with Crippen molar-refractivity contribution < 1.29 is 9.18 Å². The third-order valence-electron chi connectivity index (χ3n) is 4.25. The van der Waals surface area contributed by atoms with Gasteiger partial charge >= 0.3 is 0 Å². The molecule has 0 saturated heterocycles. The molecule has 0 fully saturated rings. The van der Waals surface area contributed by atoms with E-state index in [1.54, 1.807) is 24.4 Å². The van der Waals surface area contributed by atoms with Crippen molar-refractivity contribution in [3.63, 3.8) is 0 Å². The van der Waals surface area contributed by atoms with Gasteiger partial charge in [0.1, 0.15) is 11.5 Å². The van der Waals surface area contributed by atoms with Crippen molar-refractivity contribution in [2.24, 2.45) is 0 Å². The van der Waals surface area contributed by atoms with E-state index in [-0.39, 0.29) is 11.7 Å². The van der Waals surface area contributed by atoms with Gasteiger partial charge in [0.2, 0.25) is 0 Å². The monoisotopic (exact) mass is 368 g/mol. The first kappa shape index (κ1) is 16.8. The zero-order valence-corrected chi connectivity index (χ0v) is 14.8. The van der Waals surface area contributed by atoms with Crippen LogP contribution in [0.25, 0.3) is 0 Å². The van der Waals surface area contributed by atoms with Crippen molar-refractivity contribution in [2.75, 3.05) is 11.9 Å². The van der Waals surface area contributed by atoms with E-state index in [1.807, 2.05) is 12.1 Å². The van der Waals surface area contributed by atoms with Gasteiger partial charge in [-0.2, -0.15) is 0 Å². The molecule has 1 aliphatic heterocycles. The molecule has 0 spiro atoms. The smallest absolute Gasteiger partial charge is 0.276 e. The average molecular weight is 368 g/mol. The van der Waals surface area contributed by atoms with E-state index in [9.17, 15) is 9.18 Å². The number of nitrogens with one attached hydrogen (secondary N) is 1. The molecule has 3 heterocycles. The zero-order valence-electron chi connectivity index (χ0n) is 14.0. The maximum atomic E-state index is 13.0. The van der Waals surface area contributed by atoms with Crippen LogP contribution in [0.4, 0.5) is 9.52 Å². The van der Waals surface area contributed by atoms with Crippen molar-refractivity contribution in [1.29, 1.82) is 0 Å². The molecule has 132 valence electrons. The number of thiazole rings is 1. The minimum Gasteiger partial charge on any atom is -0.296 e. The molecule has 0 radical (unpaired) electrons. The molecular formula is C19H17FN4OS. The lowest BCUT2D eigenvalue weighted by atomic mass is 10.1. The Kier molecular flexibility index (Phi) is 4.73. The number of benzene rings is 1. The maximum absolute atomic E-state index is 13.0. The summed E-state index contributed by atoms with van der Waals surface area (Å²) in [5.74, 6) is -0.467. The van der Waals surface area contributed by atoms with Gasteiger partial charge in [-0.15, -0.1) is 11.3 Å². The van der Waals surface area contributed by atoms with Crippen LogP contribution < -0.4 is 5.32 Å². The van der Waals surface area contributed by atoms with Gasteiger partial charge < -0.3 is 0 Å². The standard InChI is InChI=1S/C19H17FN4OS/c20-14-6-4-13(5-7-14)11-24-10-8-15-17(12-24)26-19(22-15)23-18(25)16-3-1-2-9-21-16/h1-7,9H,8,10-12H2,(H,22,23,25). The van der Waals surface area contributed by atoms with Crippen LogP contribution in [0.1, 0.15) is 26.6 Å². The molecule has 0 aliphatic carbocycles. The predicted molar refractivity (Wildman–Crippen MR) is 98.5 cm³/mol. The number of pyridine rings is 1. The first-order chi connectivity index (χ1) is 12.7. The molecular weight excluding hydrogens is 351 g/mol. The Labute approximate surface area is 154 Å². The van der Waals surface area contributed by atoms with Crippen molar-refractivity contribution in [1.82, 2.24) is 14.9 Å². The Morgan fingerprint density at radius 2 is 2.08 bits per heavy atom. The summed E-state index contributed by atoms with van der Waals surface area (Å²) in [6, 6.07) is 11.8. The SMILES string of the molecule is O=C(Nc1nc2c(s1)CN(Cc1ccc(F)cc1)CC2)c1ccccn1. The van der Waals surface area contributed by atoms with Gasteiger partial charge in [0.05, 0.1) is 5.69 Å². The fraction of sp³-hybridized carbons (Fsp3) is 0.211. The van der Waals surface area contributed by atoms with Crippen LogP contribution >= 0.6 is 11.3 Å². The number of amides is 1. The molecule has 0 atom stereocenters. The summed E-state index contributed by atoms with van der Waals surface area (Å²) < 4.78 is 13.0. The number of nitrogens with zero attached hydrogens (tertiary/aromatic N) is 3. The number of anilines is 1. The van der Waals surface area contributed by atoms with Gasteiger partial charge in [-0.1, -0.05) is 18.2 Å². The van der Waals surface area contributed by atoms with Crippen LogP contribution in [0.3, 0.4) is 0 Å². The van der Waals surface area contributed by atoms with E-state index in [0.29, 0.717) is 10.8 Å². The summed E-state index contributed by atoms with van der Waals surface area (Å²) >= 11 is 1.50. The number of rotatable bonds is 4. The molecule has 0 saturated carbocycles. The summed E-state index contributed by atoms with van der Waals surface area (Å²) in [7, 11) is 0. The van der Waals surface area contributed by atoms with Crippen molar-refractivity contribution in [2.45, 2.75) is 19.5 Å². The molecule has 1 aromatic carbocycles. The Morgan fingerprint density at radius 1 is 1.23 bits per heavy atom. The Bertz CT molecular complexity index is 911. The third-order valence-corrected chi connectivity index (χ3v) is 5.25. The van der Waals surface area contributed by atoms with Crippen LogP contribution in [-0.2, 0) is 19.5 Å². The molecule has 7 heteroatoms. The number of carbonyl (C=O) groups is 1. The average Bonchev–Trinajstić information content (AvgIpc) is 3.06. The van der Waals surface area contributed by atoms with E-state index in [2.05, 4.69) is 20.2 Å². The quantitative estimate of drug-likeness (QED) is 0.766. The van der Waals surface area contributed by atoms with Crippen LogP contribution in [-0.4, -0.2) is 27.3 Å². The Balaban J connectivity index is 1.42. The van der Waals surface area contributed by atoms with Gasteiger partial charge in [0.25, 0.3) is 5.91 Å². The fourth-order valence-electron chi connectivity index (χ4n) is 2.94. The molecule has 2 aromatic heterocycles. The molecule has 4 rings (SSSR count). The van der Waals surface area contributed by atoms with Crippen LogP contribution in [0.2, 0.25) is 0 Å². The number of aromatic nitrogens is 2. The molecule has 5 nitrogen and oxygen atoms in total. The highest BCUT2D eigenvalue weighted by Gasteiger charge is 2.21. The summed E-state index contributed by atoms with van der Waals surface area (Å²) in [5, 5.41) is 3.44. The summed E-state index contributed by atoms with van der Waals surface area (Å²) in [5.41, 5.74) is 2.50. The van der Waals surface area contributed by atoms with E-state index in [1.165, 1.54) is 23.5 Å². The summed E-state index contributed by atoms with van der Waals surface area (Å²) in [4.78, 5) is 24.3. The number of hydrogen-bond donors (Lipinski definition) is 1. The highest BCUT2D eigenvalue weighted by molar-refractivity contribution is 7.15. The second-order valence-corrected chi connectivity index (χ2v) is 7.23. The van der Waals surface area contributed by atoms with Crippen molar-refractivity contribution in [3.8, 4) is 0 Å². The lowest BCUT2D eigenvalue weighted by Gasteiger charge is -2.25. The number of carbonyl (C=O) groups excluding carboxylic acids is 1. The molecule has 3 aromatic rings. The minimum atomic E-state index is -0.250. The van der Waals surface area contributed by atoms with Gasteiger partial charge in [0, 0.05) is 37.1 Å². The summed E-state index contributed by atoms with van der Waals surface area (Å²) in [6.45, 7) is 2.44. The minimum absolute atomic E-state index is 0.217. The molecule has 1 amide bonds. The zero-order chi connectivity index (χ0) is 17.9. The topological polar surface area (TPSA) is 58.1 Å². The fourth-order valence-corrected chi connectivity index (χ4v) is 3.99. The first-order valence-corrected chi connectivity index (χ1v) is 9.17. The first-order valence-electron chi connectivity index (χ1n) is 8.35. The van der Waals surface area contributed by atoms with Gasteiger partial charge in [-0.25, -0.2) is 9.37 Å². The third kappa shape index (κ3) is 3.79. The van der Waals surface area contributed by atoms with Gasteiger partial charge in [-0.05, 0) is 29.8 Å². The normalized spacial score (nSPS) is 14.0. The molecule has 26 heavy (non-hydrogen) atoms. The maximum Gasteiger partial charge on any atom is 0.276 e. The van der Waals surface area contributed by atoms with Crippen LogP contribution in [0.15, 0.2) is 48.7 Å². The molecule has 0 unspecified atom stereocenters. The highest BCUT2D eigenvalue weighted by atomic mass is 32.1. The molecule has 1 aliphatic rings. The van der Waals surface area contributed by atoms with E-state index in [4.69, 9.17) is 0 Å². The van der Waals surface area contributed by atoms with Crippen molar-refractivity contribution >= 4 is 22.4 Å². The molecule has 1 N–H and O–H groups in total. The van der Waals surface area contributed by atoms with Crippen molar-refractivity contribution in [3.05, 3.63) is 76.3 Å². The molecule has 0 bridgehead atoms. The Morgan fingerprint density at radius 3 is 2.85 bits per heavy atom. The van der Waals surface area contributed by atoms with E-state index in [0.717, 1.165) is 42.2 Å². The second-order valence-electron chi connectivity index (χ2n) is 6.15. The second kappa shape index (κ2) is 7.31. The van der Waals surface area contributed by atoms with Crippen LogP contribution in [0, 0.1) is 5.82 Å². The summed E-state index contributed by atoms with van der Waals surface area (Å²) in [6.07, 6.45) is 2.43. The van der Waals surface area contributed by atoms with Gasteiger partial charge in [0.15, 0.2) is 5.13 Å². The Hall–Kier alpha value is -2.64. The largest absolute Gasteiger partial charge is 0.296 e. The number of hydrogen-bond acceptors (Lipinski definition) is 5. The van der Waals surface area contributed by atoms with Crippen LogP contribution in [0.5, 0.6) is 0 Å². The van der Waals surface area contributed by atoms with E-state index >= 15 is 0 Å². The lowest BCUT2D eigenvalue weighted by molar-refractivity contribution is 0.102. The lowest BCUT2D eigenvalue weighted by Crippen LogP contribution is -2.29. The predicted octanol–water partition coefficient (Wildman–Crippen LogP) is 3.49. The van der Waals surface area contributed by atoms with E-state index < -0.39 is 0 Å². The van der Waals surface area contributed by atoms with Gasteiger partial charge in [-0.3, -0.25) is 20.0 Å².